The lowest BCUT2D eigenvalue weighted by Crippen LogP contribution is -2.17. The topological polar surface area (TPSA) is 51.2 Å². The molecule has 0 aromatic carbocycles. The average molecular weight is 254 g/mol. The molecule has 0 amide bonds. The maximum Gasteiger partial charge on any atom is 0.164 e. The number of aromatic nitrogens is 1. The summed E-state index contributed by atoms with van der Waals surface area (Å²) in [7, 11) is 1.75. The predicted octanol–water partition coefficient (Wildman–Crippen LogP) is 2.63. The molecule has 1 N–H and O–H groups in total. The van der Waals surface area contributed by atoms with Crippen LogP contribution in [0.25, 0.3) is 0 Å². The second kappa shape index (κ2) is 5.14. The van der Waals surface area contributed by atoms with Crippen molar-refractivity contribution in [3.63, 3.8) is 0 Å². The maximum atomic E-state index is 11.5. The number of Topliss-reactive ketones (excluding diaryl/α,β-unsaturated/α-hetero) is 1. The monoisotopic (exact) mass is 254 g/mol. The average Bonchev–Trinajstić information content (AvgIpc) is 2.86. The van der Waals surface area contributed by atoms with Gasteiger partial charge in [0.05, 0.1) is 17.4 Å². The van der Waals surface area contributed by atoms with Gasteiger partial charge in [-0.15, -0.1) is 0 Å². The number of methoxy groups -OCH3 is 1. The van der Waals surface area contributed by atoms with Crippen molar-refractivity contribution in [1.29, 1.82) is 0 Å². The molecular formula is C12H18N2O2S. The van der Waals surface area contributed by atoms with Crippen molar-refractivity contribution in [2.45, 2.75) is 45.3 Å². The summed E-state index contributed by atoms with van der Waals surface area (Å²) in [5, 5.41) is 4.34. The summed E-state index contributed by atoms with van der Waals surface area (Å²) in [6.07, 6.45) is 3.53. The standard InChI is InChI=1S/C12H18N2O2S/c1-7-11(8(2)15)12(17-14-7)13-9-4-5-10(6-9)16-3/h9-10,13H,4-6H2,1-3H3. The molecule has 2 rings (SSSR count). The van der Waals surface area contributed by atoms with E-state index in [9.17, 15) is 4.79 Å². The Bertz CT molecular complexity index is 417. The van der Waals surface area contributed by atoms with Crippen LogP contribution in [0.2, 0.25) is 0 Å². The normalized spacial score (nSPS) is 23.9. The van der Waals surface area contributed by atoms with Crippen LogP contribution in [-0.2, 0) is 4.74 Å². The largest absolute Gasteiger partial charge is 0.381 e. The van der Waals surface area contributed by atoms with Gasteiger partial charge >= 0.3 is 0 Å². The van der Waals surface area contributed by atoms with E-state index < -0.39 is 0 Å². The second-order valence-corrected chi connectivity index (χ2v) is 5.31. The fourth-order valence-electron chi connectivity index (χ4n) is 2.35. The van der Waals surface area contributed by atoms with Crippen LogP contribution >= 0.6 is 11.5 Å². The van der Waals surface area contributed by atoms with Crippen LogP contribution in [0.3, 0.4) is 0 Å². The van der Waals surface area contributed by atoms with E-state index in [1.165, 1.54) is 11.5 Å². The molecule has 2 atom stereocenters. The number of nitrogens with zero attached hydrogens (tertiary/aromatic N) is 1. The number of carbonyl (C=O) groups is 1. The quantitative estimate of drug-likeness (QED) is 0.839. The van der Waals surface area contributed by atoms with Crippen molar-refractivity contribution >= 4 is 22.3 Å². The first-order chi connectivity index (χ1) is 8.11. The molecule has 94 valence electrons. The molecule has 1 aromatic heterocycles. The Balaban J connectivity index is 2.07. The van der Waals surface area contributed by atoms with Crippen LogP contribution in [0.4, 0.5) is 5.00 Å². The lowest BCUT2D eigenvalue weighted by atomic mass is 10.1. The first-order valence-electron chi connectivity index (χ1n) is 5.88. The maximum absolute atomic E-state index is 11.5. The molecule has 2 unspecified atom stereocenters. The molecule has 5 heteroatoms. The van der Waals surface area contributed by atoms with Crippen LogP contribution in [-0.4, -0.2) is 29.4 Å². The molecule has 1 aliphatic carbocycles. The SMILES string of the molecule is COC1CCC(Nc2snc(C)c2C(C)=O)C1. The third kappa shape index (κ3) is 2.66. The number of rotatable bonds is 4. The zero-order valence-corrected chi connectivity index (χ0v) is 11.3. The van der Waals surface area contributed by atoms with Gasteiger partial charge in [0, 0.05) is 13.2 Å². The highest BCUT2D eigenvalue weighted by atomic mass is 32.1. The predicted molar refractivity (Wildman–Crippen MR) is 68.9 cm³/mol. The highest BCUT2D eigenvalue weighted by molar-refractivity contribution is 7.10. The van der Waals surface area contributed by atoms with E-state index in [1.54, 1.807) is 14.0 Å². The Labute approximate surface area is 106 Å². The molecule has 0 bridgehead atoms. The Morgan fingerprint density at radius 2 is 2.29 bits per heavy atom. The van der Waals surface area contributed by atoms with Crippen molar-refractivity contribution < 1.29 is 9.53 Å². The summed E-state index contributed by atoms with van der Waals surface area (Å²) >= 11 is 1.38. The third-order valence-electron chi connectivity index (χ3n) is 3.27. The number of ketones is 1. The minimum atomic E-state index is 0.0834. The second-order valence-electron chi connectivity index (χ2n) is 4.54. The molecule has 1 saturated carbocycles. The molecule has 1 heterocycles. The molecule has 0 saturated heterocycles. The Hall–Kier alpha value is -0.940. The van der Waals surface area contributed by atoms with Crippen molar-refractivity contribution in [2.75, 3.05) is 12.4 Å². The first kappa shape index (κ1) is 12.5. The molecule has 0 spiro atoms. The highest BCUT2D eigenvalue weighted by Crippen LogP contribution is 2.30. The van der Waals surface area contributed by atoms with Gasteiger partial charge in [0.15, 0.2) is 5.78 Å². The van der Waals surface area contributed by atoms with Crippen molar-refractivity contribution in [1.82, 2.24) is 4.37 Å². The summed E-state index contributed by atoms with van der Waals surface area (Å²) in [5.41, 5.74) is 1.57. The molecule has 1 aliphatic rings. The summed E-state index contributed by atoms with van der Waals surface area (Å²) < 4.78 is 9.59. The van der Waals surface area contributed by atoms with Gasteiger partial charge in [0.1, 0.15) is 5.00 Å². The summed E-state index contributed by atoms with van der Waals surface area (Å²) in [6, 6.07) is 0.401. The van der Waals surface area contributed by atoms with E-state index in [0.29, 0.717) is 12.1 Å². The van der Waals surface area contributed by atoms with Crippen molar-refractivity contribution in [2.24, 2.45) is 0 Å². The number of anilines is 1. The summed E-state index contributed by atoms with van der Waals surface area (Å²) in [5.74, 6) is 0.0834. The van der Waals surface area contributed by atoms with Gasteiger partial charge in [-0.05, 0) is 44.6 Å². The van der Waals surface area contributed by atoms with Crippen LogP contribution < -0.4 is 5.32 Å². The van der Waals surface area contributed by atoms with Gasteiger partial charge in [-0.25, -0.2) is 0 Å². The van der Waals surface area contributed by atoms with Crippen LogP contribution in [0.15, 0.2) is 0 Å². The fraction of sp³-hybridized carbons (Fsp3) is 0.667. The first-order valence-corrected chi connectivity index (χ1v) is 6.65. The van der Waals surface area contributed by atoms with Gasteiger partial charge in [-0.3, -0.25) is 4.79 Å². The van der Waals surface area contributed by atoms with Crippen molar-refractivity contribution in [3.8, 4) is 0 Å². The number of ether oxygens (including phenoxy) is 1. The van der Waals surface area contributed by atoms with Crippen LogP contribution in [0.5, 0.6) is 0 Å². The van der Waals surface area contributed by atoms with E-state index in [4.69, 9.17) is 4.74 Å². The Kier molecular flexibility index (Phi) is 3.79. The number of aryl methyl sites for hydroxylation is 1. The van der Waals surface area contributed by atoms with Crippen LogP contribution in [0, 0.1) is 6.92 Å². The zero-order chi connectivity index (χ0) is 12.4. The molecule has 0 aliphatic heterocycles. The van der Waals surface area contributed by atoms with E-state index in [2.05, 4.69) is 9.69 Å². The number of nitrogens with one attached hydrogen (secondary N) is 1. The number of carbonyl (C=O) groups excluding carboxylic acids is 1. The van der Waals surface area contributed by atoms with E-state index in [1.807, 2.05) is 6.92 Å². The molecular weight excluding hydrogens is 236 g/mol. The van der Waals surface area contributed by atoms with Gasteiger partial charge < -0.3 is 10.1 Å². The molecule has 1 aromatic rings. The summed E-state index contributed by atoms with van der Waals surface area (Å²) in [6.45, 7) is 3.47. The molecule has 0 radical (unpaired) electrons. The van der Waals surface area contributed by atoms with E-state index in [-0.39, 0.29) is 5.78 Å². The van der Waals surface area contributed by atoms with Gasteiger partial charge in [-0.1, -0.05) is 0 Å². The minimum absolute atomic E-state index is 0.0834. The Morgan fingerprint density at radius 3 is 2.88 bits per heavy atom. The zero-order valence-electron chi connectivity index (χ0n) is 10.4. The smallest absolute Gasteiger partial charge is 0.164 e. The van der Waals surface area contributed by atoms with Gasteiger partial charge in [0.2, 0.25) is 0 Å². The molecule has 4 nitrogen and oxygen atoms in total. The van der Waals surface area contributed by atoms with Crippen molar-refractivity contribution in [3.05, 3.63) is 11.3 Å². The van der Waals surface area contributed by atoms with E-state index >= 15 is 0 Å². The van der Waals surface area contributed by atoms with Gasteiger partial charge in [0.25, 0.3) is 0 Å². The lowest BCUT2D eigenvalue weighted by molar-refractivity contribution is 0.101. The minimum Gasteiger partial charge on any atom is -0.381 e. The Morgan fingerprint density at radius 1 is 1.53 bits per heavy atom. The fourth-order valence-corrected chi connectivity index (χ4v) is 3.28. The number of hydrogen-bond donors (Lipinski definition) is 1. The van der Waals surface area contributed by atoms with Crippen LogP contribution in [0.1, 0.15) is 42.2 Å². The third-order valence-corrected chi connectivity index (χ3v) is 4.14. The molecule has 17 heavy (non-hydrogen) atoms. The molecule has 1 fully saturated rings. The summed E-state index contributed by atoms with van der Waals surface area (Å²) in [4.78, 5) is 11.5. The lowest BCUT2D eigenvalue weighted by Gasteiger charge is -2.13. The van der Waals surface area contributed by atoms with E-state index in [0.717, 1.165) is 35.5 Å². The van der Waals surface area contributed by atoms with Gasteiger partial charge in [-0.2, -0.15) is 4.37 Å². The number of hydrogen-bond acceptors (Lipinski definition) is 5. The highest BCUT2D eigenvalue weighted by Gasteiger charge is 2.26.